The predicted molar refractivity (Wildman–Crippen MR) is 65.8 cm³/mol. The second-order valence-electron chi connectivity index (χ2n) is 3.37. The molecule has 0 saturated carbocycles. The monoisotopic (exact) mass is 248 g/mol. The van der Waals surface area contributed by atoms with Crippen LogP contribution in [0.5, 0.6) is 0 Å². The van der Waals surface area contributed by atoms with Crippen molar-refractivity contribution in [2.45, 2.75) is 6.10 Å². The second kappa shape index (κ2) is 3.93. The molecule has 5 heteroatoms. The average Bonchev–Trinajstić information content (AvgIpc) is 2.89. The first kappa shape index (κ1) is 9.89. The molecule has 3 aromatic heterocycles. The molecule has 0 radical (unpaired) electrons. The minimum Gasteiger partial charge on any atom is -0.383 e. The van der Waals surface area contributed by atoms with E-state index in [2.05, 4.69) is 21.4 Å². The van der Waals surface area contributed by atoms with Crippen molar-refractivity contribution in [3.63, 3.8) is 0 Å². The number of aliphatic hydroxyl groups is 1. The Morgan fingerprint density at radius 2 is 2.00 bits per heavy atom. The van der Waals surface area contributed by atoms with E-state index in [1.54, 1.807) is 35.1 Å². The summed E-state index contributed by atoms with van der Waals surface area (Å²) in [5.41, 5.74) is 0.733. The van der Waals surface area contributed by atoms with Crippen molar-refractivity contribution in [3.8, 4) is 0 Å². The molecule has 16 heavy (non-hydrogen) atoms. The van der Waals surface area contributed by atoms with E-state index in [1.807, 2.05) is 6.07 Å². The first-order valence-electron chi connectivity index (χ1n) is 4.74. The van der Waals surface area contributed by atoms with Crippen molar-refractivity contribution in [1.82, 2.24) is 9.97 Å². The maximum Gasteiger partial charge on any atom is 0.116 e. The molecule has 0 aliphatic heterocycles. The van der Waals surface area contributed by atoms with Gasteiger partial charge in [0, 0.05) is 32.2 Å². The molecule has 1 N–H and O–H groups in total. The van der Waals surface area contributed by atoms with Crippen LogP contribution < -0.4 is 0 Å². The summed E-state index contributed by atoms with van der Waals surface area (Å²) in [6.45, 7) is 0. The van der Waals surface area contributed by atoms with Crippen LogP contribution in [0.15, 0.2) is 36.2 Å². The van der Waals surface area contributed by atoms with E-state index in [0.29, 0.717) is 0 Å². The highest BCUT2D eigenvalue weighted by Gasteiger charge is 2.14. The molecule has 0 aromatic carbocycles. The summed E-state index contributed by atoms with van der Waals surface area (Å²) in [6, 6.07) is 4.10. The predicted octanol–water partition coefficient (Wildman–Crippen LogP) is 2.83. The number of hydrogen-bond donors (Lipinski definition) is 1. The molecule has 0 aliphatic carbocycles. The van der Waals surface area contributed by atoms with Gasteiger partial charge in [-0.1, -0.05) is 0 Å². The minimum absolute atomic E-state index is 0.620. The van der Waals surface area contributed by atoms with Gasteiger partial charge in [0.05, 0.1) is 0 Å². The first-order valence-corrected chi connectivity index (χ1v) is 6.44. The average molecular weight is 248 g/mol. The highest BCUT2D eigenvalue weighted by atomic mass is 32.1. The van der Waals surface area contributed by atoms with Crippen LogP contribution in [0.1, 0.15) is 16.5 Å². The molecule has 0 bridgehead atoms. The molecular weight excluding hydrogens is 240 g/mol. The summed E-state index contributed by atoms with van der Waals surface area (Å²) in [5.74, 6) is 0. The summed E-state index contributed by atoms with van der Waals surface area (Å²) >= 11 is 3.30. The van der Waals surface area contributed by atoms with Crippen molar-refractivity contribution >= 4 is 32.1 Å². The Kier molecular flexibility index (Phi) is 2.43. The van der Waals surface area contributed by atoms with Crippen LogP contribution in [-0.4, -0.2) is 15.1 Å². The molecule has 3 nitrogen and oxygen atoms in total. The quantitative estimate of drug-likeness (QED) is 0.758. The molecule has 1 unspecified atom stereocenters. The van der Waals surface area contributed by atoms with E-state index in [9.17, 15) is 5.11 Å². The highest BCUT2D eigenvalue weighted by Crippen LogP contribution is 2.35. The van der Waals surface area contributed by atoms with Crippen LogP contribution in [0.3, 0.4) is 0 Å². The lowest BCUT2D eigenvalue weighted by molar-refractivity contribution is 0.223. The van der Waals surface area contributed by atoms with Crippen LogP contribution in [0, 0.1) is 0 Å². The van der Waals surface area contributed by atoms with E-state index in [0.717, 1.165) is 10.4 Å². The van der Waals surface area contributed by atoms with Crippen molar-refractivity contribution in [2.75, 3.05) is 0 Å². The third-order valence-corrected chi connectivity index (χ3v) is 4.47. The van der Waals surface area contributed by atoms with Crippen molar-refractivity contribution in [1.29, 1.82) is 0 Å². The normalized spacial score (nSPS) is 13.1. The van der Waals surface area contributed by atoms with Crippen LogP contribution in [-0.2, 0) is 0 Å². The number of rotatable bonds is 2. The van der Waals surface area contributed by atoms with Gasteiger partial charge in [-0.15, -0.1) is 22.7 Å². The van der Waals surface area contributed by atoms with E-state index in [-0.39, 0.29) is 0 Å². The van der Waals surface area contributed by atoms with Gasteiger partial charge in [0.1, 0.15) is 12.4 Å². The number of thiophene rings is 2. The highest BCUT2D eigenvalue weighted by molar-refractivity contribution is 7.26. The topological polar surface area (TPSA) is 46.0 Å². The van der Waals surface area contributed by atoms with Gasteiger partial charge in [0.2, 0.25) is 0 Å². The molecule has 0 amide bonds. The molecule has 3 aromatic rings. The Morgan fingerprint density at radius 3 is 2.75 bits per heavy atom. The maximum atomic E-state index is 10.1. The summed E-state index contributed by atoms with van der Waals surface area (Å²) in [5, 5.41) is 12.2. The number of aromatic nitrogens is 2. The SMILES string of the molecule is OC(c1cncnc1)c1cc2sccc2s1. The molecule has 3 heterocycles. The lowest BCUT2D eigenvalue weighted by Gasteiger charge is -2.06. The van der Waals surface area contributed by atoms with Gasteiger partial charge in [0.25, 0.3) is 0 Å². The minimum atomic E-state index is -0.620. The molecule has 0 aliphatic rings. The Morgan fingerprint density at radius 1 is 1.19 bits per heavy atom. The molecule has 0 saturated heterocycles. The van der Waals surface area contributed by atoms with Crippen LogP contribution in [0.4, 0.5) is 0 Å². The third-order valence-electron chi connectivity index (χ3n) is 2.32. The van der Waals surface area contributed by atoms with E-state index >= 15 is 0 Å². The van der Waals surface area contributed by atoms with Gasteiger partial charge in [-0.2, -0.15) is 0 Å². The Labute approximate surface area is 100 Å². The standard InChI is InChI=1S/C11H8N2OS2/c14-11(7-4-12-6-13-5-7)10-3-9-8(16-10)1-2-15-9/h1-6,11,14H. The van der Waals surface area contributed by atoms with Gasteiger partial charge in [-0.05, 0) is 17.5 Å². The molecule has 1 atom stereocenters. The van der Waals surface area contributed by atoms with Gasteiger partial charge in [-0.3, -0.25) is 0 Å². The zero-order valence-corrected chi connectivity index (χ0v) is 9.83. The van der Waals surface area contributed by atoms with E-state index in [1.165, 1.54) is 15.7 Å². The maximum absolute atomic E-state index is 10.1. The van der Waals surface area contributed by atoms with Crippen molar-refractivity contribution in [2.24, 2.45) is 0 Å². The smallest absolute Gasteiger partial charge is 0.116 e. The van der Waals surface area contributed by atoms with Gasteiger partial charge in [-0.25, -0.2) is 9.97 Å². The molecule has 80 valence electrons. The third kappa shape index (κ3) is 1.63. The van der Waals surface area contributed by atoms with Crippen LogP contribution in [0.2, 0.25) is 0 Å². The first-order chi connectivity index (χ1) is 7.84. The Bertz CT molecular complexity index is 574. The molecular formula is C11H8N2OS2. The summed E-state index contributed by atoms with van der Waals surface area (Å²) < 4.78 is 2.44. The molecule has 3 rings (SSSR count). The van der Waals surface area contributed by atoms with Gasteiger partial charge in [0.15, 0.2) is 0 Å². The summed E-state index contributed by atoms with van der Waals surface area (Å²) in [4.78, 5) is 8.76. The number of fused-ring (bicyclic) bond motifs is 1. The molecule has 0 fully saturated rings. The van der Waals surface area contributed by atoms with Crippen LogP contribution in [0.25, 0.3) is 9.40 Å². The largest absolute Gasteiger partial charge is 0.383 e. The van der Waals surface area contributed by atoms with Gasteiger partial charge >= 0.3 is 0 Å². The number of aliphatic hydroxyl groups excluding tert-OH is 1. The number of hydrogen-bond acceptors (Lipinski definition) is 5. The van der Waals surface area contributed by atoms with Crippen molar-refractivity contribution in [3.05, 3.63) is 46.7 Å². The summed E-state index contributed by atoms with van der Waals surface area (Å²) in [6.07, 6.45) is 4.13. The number of nitrogens with zero attached hydrogens (tertiary/aromatic N) is 2. The van der Waals surface area contributed by atoms with E-state index < -0.39 is 6.10 Å². The Hall–Kier alpha value is -1.30. The fraction of sp³-hybridized carbons (Fsp3) is 0.0909. The van der Waals surface area contributed by atoms with Crippen LogP contribution >= 0.6 is 22.7 Å². The lowest BCUT2D eigenvalue weighted by atomic mass is 10.2. The lowest BCUT2D eigenvalue weighted by Crippen LogP contribution is -1.97. The second-order valence-corrected chi connectivity index (χ2v) is 5.44. The zero-order valence-electron chi connectivity index (χ0n) is 8.20. The fourth-order valence-electron chi connectivity index (χ4n) is 1.54. The van der Waals surface area contributed by atoms with E-state index in [4.69, 9.17) is 0 Å². The zero-order chi connectivity index (χ0) is 11.0. The fourth-order valence-corrected chi connectivity index (χ4v) is 3.67. The van der Waals surface area contributed by atoms with Gasteiger partial charge < -0.3 is 5.11 Å². The van der Waals surface area contributed by atoms with Crippen molar-refractivity contribution < 1.29 is 5.11 Å². The molecule has 0 spiro atoms. The summed E-state index contributed by atoms with van der Waals surface area (Å²) in [7, 11) is 0. The Balaban J connectivity index is 2.01.